The van der Waals surface area contributed by atoms with Gasteiger partial charge in [-0.1, -0.05) is 11.6 Å². The molecule has 2 rings (SSSR count). The van der Waals surface area contributed by atoms with Crippen LogP contribution in [-0.2, 0) is 0 Å². The minimum atomic E-state index is 0.587. The predicted molar refractivity (Wildman–Crippen MR) is 67.3 cm³/mol. The summed E-state index contributed by atoms with van der Waals surface area (Å²) < 4.78 is 5.04. The summed E-state index contributed by atoms with van der Waals surface area (Å²) in [4.78, 5) is 8.33. The highest BCUT2D eigenvalue weighted by molar-refractivity contribution is 5.27. The number of methoxy groups -OCH3 is 1. The standard InChI is InChI=1S/C12H18N4O/c1-17-11-5-9-15-12(16-11)14-8-4-10-2-6-13-7-3-10/h2,5,9,13H,3-4,6-8H2,1H3,(H,14,15,16). The maximum absolute atomic E-state index is 5.04. The van der Waals surface area contributed by atoms with Gasteiger partial charge in [-0.2, -0.15) is 4.98 Å². The number of aromatic nitrogens is 2. The van der Waals surface area contributed by atoms with Crippen LogP contribution >= 0.6 is 0 Å². The van der Waals surface area contributed by atoms with Gasteiger partial charge in [0.1, 0.15) is 0 Å². The Bertz CT molecular complexity index is 392. The molecule has 0 saturated carbocycles. The van der Waals surface area contributed by atoms with E-state index >= 15 is 0 Å². The van der Waals surface area contributed by atoms with Crippen molar-refractivity contribution in [3.8, 4) is 5.88 Å². The molecule has 0 bridgehead atoms. The number of hydrogen-bond donors (Lipinski definition) is 2. The van der Waals surface area contributed by atoms with Crippen LogP contribution in [0.4, 0.5) is 5.95 Å². The number of nitrogens with zero attached hydrogens (tertiary/aromatic N) is 2. The molecule has 0 aromatic carbocycles. The van der Waals surface area contributed by atoms with Crippen LogP contribution < -0.4 is 15.4 Å². The highest BCUT2D eigenvalue weighted by atomic mass is 16.5. The molecule has 0 radical (unpaired) electrons. The van der Waals surface area contributed by atoms with E-state index in [9.17, 15) is 0 Å². The zero-order chi connectivity index (χ0) is 11.9. The fourth-order valence-corrected chi connectivity index (χ4v) is 1.77. The summed E-state index contributed by atoms with van der Waals surface area (Å²) in [6.45, 7) is 2.94. The molecule has 1 aliphatic rings. The van der Waals surface area contributed by atoms with Gasteiger partial charge in [-0.25, -0.2) is 4.98 Å². The van der Waals surface area contributed by atoms with Gasteiger partial charge in [0.25, 0.3) is 0 Å². The first-order valence-corrected chi connectivity index (χ1v) is 5.88. The van der Waals surface area contributed by atoms with Gasteiger partial charge in [-0.3, -0.25) is 0 Å². The van der Waals surface area contributed by atoms with E-state index in [0.29, 0.717) is 11.8 Å². The number of hydrogen-bond acceptors (Lipinski definition) is 5. The van der Waals surface area contributed by atoms with E-state index in [1.807, 2.05) is 0 Å². The summed E-state index contributed by atoms with van der Waals surface area (Å²) in [7, 11) is 1.60. The lowest BCUT2D eigenvalue weighted by molar-refractivity contribution is 0.397. The monoisotopic (exact) mass is 234 g/mol. The Hall–Kier alpha value is -1.62. The Morgan fingerprint density at radius 2 is 2.47 bits per heavy atom. The largest absolute Gasteiger partial charge is 0.481 e. The molecule has 1 aliphatic heterocycles. The zero-order valence-corrected chi connectivity index (χ0v) is 10.1. The van der Waals surface area contributed by atoms with Crippen molar-refractivity contribution in [1.29, 1.82) is 0 Å². The second kappa shape index (κ2) is 6.20. The Morgan fingerprint density at radius 1 is 1.53 bits per heavy atom. The summed E-state index contributed by atoms with van der Waals surface area (Å²) in [6, 6.07) is 1.74. The van der Waals surface area contributed by atoms with Crippen LogP contribution in [0.25, 0.3) is 0 Å². The van der Waals surface area contributed by atoms with Gasteiger partial charge in [0.15, 0.2) is 0 Å². The quantitative estimate of drug-likeness (QED) is 0.750. The van der Waals surface area contributed by atoms with Gasteiger partial charge in [-0.15, -0.1) is 0 Å². The third-order valence-electron chi connectivity index (χ3n) is 2.73. The SMILES string of the molecule is COc1ccnc(NCCC2=CCNCC2)n1. The molecule has 92 valence electrons. The second-order valence-corrected chi connectivity index (χ2v) is 3.92. The van der Waals surface area contributed by atoms with E-state index < -0.39 is 0 Å². The first-order chi connectivity index (χ1) is 8.38. The first-order valence-electron chi connectivity index (χ1n) is 5.88. The van der Waals surface area contributed by atoms with Gasteiger partial charge in [0, 0.05) is 25.4 Å². The molecule has 1 aromatic rings. The summed E-state index contributed by atoms with van der Waals surface area (Å²) >= 11 is 0. The van der Waals surface area contributed by atoms with Crippen LogP contribution in [0.5, 0.6) is 5.88 Å². The van der Waals surface area contributed by atoms with Gasteiger partial charge < -0.3 is 15.4 Å². The first kappa shape index (κ1) is 11.9. The van der Waals surface area contributed by atoms with Crippen LogP contribution in [0, 0.1) is 0 Å². The molecule has 2 heterocycles. The fourth-order valence-electron chi connectivity index (χ4n) is 1.77. The molecule has 0 amide bonds. The molecule has 0 saturated heterocycles. The Labute approximate surface area is 101 Å². The van der Waals surface area contributed by atoms with Crippen molar-refractivity contribution < 1.29 is 4.74 Å². The molecule has 1 aromatic heterocycles. The van der Waals surface area contributed by atoms with Crippen molar-refractivity contribution in [2.24, 2.45) is 0 Å². The molecule has 0 fully saturated rings. The van der Waals surface area contributed by atoms with E-state index in [1.54, 1.807) is 19.4 Å². The van der Waals surface area contributed by atoms with Crippen LogP contribution in [-0.4, -0.2) is 36.7 Å². The van der Waals surface area contributed by atoms with Crippen molar-refractivity contribution in [2.75, 3.05) is 32.1 Å². The van der Waals surface area contributed by atoms with Crippen molar-refractivity contribution >= 4 is 5.95 Å². The third kappa shape index (κ3) is 3.71. The van der Waals surface area contributed by atoms with Gasteiger partial charge in [0.2, 0.25) is 11.8 Å². The van der Waals surface area contributed by atoms with E-state index in [4.69, 9.17) is 4.74 Å². The Morgan fingerprint density at radius 3 is 3.24 bits per heavy atom. The number of anilines is 1. The summed E-state index contributed by atoms with van der Waals surface area (Å²) in [5.41, 5.74) is 1.50. The van der Waals surface area contributed by atoms with E-state index in [1.165, 1.54) is 5.57 Å². The normalized spacial score (nSPS) is 15.2. The maximum Gasteiger partial charge on any atom is 0.225 e. The average Bonchev–Trinajstić information content (AvgIpc) is 2.40. The summed E-state index contributed by atoms with van der Waals surface area (Å²) in [5.74, 6) is 1.21. The molecule has 0 atom stereocenters. The highest BCUT2D eigenvalue weighted by Gasteiger charge is 2.03. The number of ether oxygens (including phenoxy) is 1. The third-order valence-corrected chi connectivity index (χ3v) is 2.73. The van der Waals surface area contributed by atoms with Gasteiger partial charge in [0.05, 0.1) is 7.11 Å². The van der Waals surface area contributed by atoms with Gasteiger partial charge in [-0.05, 0) is 19.4 Å². The average molecular weight is 234 g/mol. The second-order valence-electron chi connectivity index (χ2n) is 3.92. The Kier molecular flexibility index (Phi) is 4.32. The molecular formula is C12H18N4O. The fraction of sp³-hybridized carbons (Fsp3) is 0.500. The van der Waals surface area contributed by atoms with Crippen molar-refractivity contribution in [2.45, 2.75) is 12.8 Å². The number of nitrogens with one attached hydrogen (secondary N) is 2. The molecule has 0 unspecified atom stereocenters. The molecule has 17 heavy (non-hydrogen) atoms. The summed E-state index contributed by atoms with van der Waals surface area (Å²) in [5, 5.41) is 6.50. The predicted octanol–water partition coefficient (Wildman–Crippen LogP) is 1.21. The highest BCUT2D eigenvalue weighted by Crippen LogP contribution is 2.10. The molecule has 5 heteroatoms. The number of rotatable bonds is 5. The van der Waals surface area contributed by atoms with Crippen LogP contribution in [0.2, 0.25) is 0 Å². The van der Waals surface area contributed by atoms with E-state index in [2.05, 4.69) is 26.7 Å². The van der Waals surface area contributed by atoms with Crippen LogP contribution in [0.3, 0.4) is 0 Å². The van der Waals surface area contributed by atoms with Crippen LogP contribution in [0.1, 0.15) is 12.8 Å². The molecule has 0 spiro atoms. The van der Waals surface area contributed by atoms with E-state index in [-0.39, 0.29) is 0 Å². The minimum Gasteiger partial charge on any atom is -0.481 e. The van der Waals surface area contributed by atoms with Crippen molar-refractivity contribution in [1.82, 2.24) is 15.3 Å². The molecule has 5 nitrogen and oxygen atoms in total. The lowest BCUT2D eigenvalue weighted by Crippen LogP contribution is -2.21. The molecular weight excluding hydrogens is 216 g/mol. The van der Waals surface area contributed by atoms with Gasteiger partial charge >= 0.3 is 0 Å². The molecule has 2 N–H and O–H groups in total. The zero-order valence-electron chi connectivity index (χ0n) is 10.1. The Balaban J connectivity index is 1.79. The minimum absolute atomic E-state index is 0.587. The van der Waals surface area contributed by atoms with E-state index in [0.717, 1.165) is 32.5 Å². The van der Waals surface area contributed by atoms with Crippen molar-refractivity contribution in [3.63, 3.8) is 0 Å². The van der Waals surface area contributed by atoms with Crippen LogP contribution in [0.15, 0.2) is 23.9 Å². The maximum atomic E-state index is 5.04. The lowest BCUT2D eigenvalue weighted by Gasteiger charge is -2.14. The smallest absolute Gasteiger partial charge is 0.225 e. The van der Waals surface area contributed by atoms with Crippen molar-refractivity contribution in [3.05, 3.63) is 23.9 Å². The summed E-state index contributed by atoms with van der Waals surface area (Å²) in [6.07, 6.45) is 6.14. The lowest BCUT2D eigenvalue weighted by atomic mass is 10.1. The topological polar surface area (TPSA) is 59.1 Å². The molecule has 0 aliphatic carbocycles.